The van der Waals surface area contributed by atoms with Crippen molar-refractivity contribution in [3.63, 3.8) is 0 Å². The summed E-state index contributed by atoms with van der Waals surface area (Å²) in [7, 11) is 0. The Morgan fingerprint density at radius 1 is 1.14 bits per heavy atom. The molecule has 2 N–H and O–H groups in total. The van der Waals surface area contributed by atoms with Crippen LogP contribution in [0.3, 0.4) is 0 Å². The zero-order valence-corrected chi connectivity index (χ0v) is 15.4. The summed E-state index contributed by atoms with van der Waals surface area (Å²) in [5.41, 5.74) is 2.00. The number of ether oxygens (including phenoxy) is 1. The second kappa shape index (κ2) is 7.61. The SMILES string of the molecule is FC(F)Oc1ccc(NCc2cc3oc(-c4nn[nH]n4)cc3cc2Cl)cc1Cl. The predicted molar refractivity (Wildman–Crippen MR) is 99.8 cm³/mol. The first-order valence-corrected chi connectivity index (χ1v) is 8.69. The summed E-state index contributed by atoms with van der Waals surface area (Å²) in [6.07, 6.45) is 0. The molecule has 4 aromatic rings. The lowest BCUT2D eigenvalue weighted by Crippen LogP contribution is -2.03. The van der Waals surface area contributed by atoms with E-state index in [4.69, 9.17) is 27.6 Å². The quantitative estimate of drug-likeness (QED) is 0.444. The Morgan fingerprint density at radius 2 is 2.00 bits per heavy atom. The molecule has 0 fully saturated rings. The highest BCUT2D eigenvalue weighted by Crippen LogP contribution is 2.32. The van der Waals surface area contributed by atoms with Crippen LogP contribution in [0.1, 0.15) is 5.56 Å². The fourth-order valence-corrected chi connectivity index (χ4v) is 3.08. The summed E-state index contributed by atoms with van der Waals surface area (Å²) >= 11 is 12.3. The number of nitrogens with one attached hydrogen (secondary N) is 2. The van der Waals surface area contributed by atoms with Gasteiger partial charge >= 0.3 is 6.61 Å². The van der Waals surface area contributed by atoms with Gasteiger partial charge in [0.1, 0.15) is 11.3 Å². The number of H-pyrrole nitrogens is 1. The van der Waals surface area contributed by atoms with Gasteiger partial charge in [0.25, 0.3) is 0 Å². The van der Waals surface area contributed by atoms with Gasteiger partial charge in [-0.3, -0.25) is 0 Å². The molecule has 0 atom stereocenters. The average Bonchev–Trinajstić information content (AvgIpc) is 3.30. The highest BCUT2D eigenvalue weighted by atomic mass is 35.5. The summed E-state index contributed by atoms with van der Waals surface area (Å²) in [5.74, 6) is 0.713. The highest BCUT2D eigenvalue weighted by molar-refractivity contribution is 6.32. The van der Waals surface area contributed by atoms with E-state index in [0.29, 0.717) is 34.4 Å². The van der Waals surface area contributed by atoms with Crippen LogP contribution in [0.15, 0.2) is 40.8 Å². The van der Waals surface area contributed by atoms with Crippen LogP contribution < -0.4 is 10.1 Å². The third-order valence-corrected chi connectivity index (χ3v) is 4.53. The van der Waals surface area contributed by atoms with Gasteiger partial charge in [-0.1, -0.05) is 23.2 Å². The summed E-state index contributed by atoms with van der Waals surface area (Å²) in [6.45, 7) is -2.58. The topological polar surface area (TPSA) is 88.9 Å². The summed E-state index contributed by atoms with van der Waals surface area (Å²) in [4.78, 5) is 0. The van der Waals surface area contributed by atoms with Gasteiger partial charge in [-0.2, -0.15) is 14.0 Å². The molecule has 4 rings (SSSR count). The number of halogens is 4. The Kier molecular flexibility index (Phi) is 5.01. The minimum Gasteiger partial charge on any atom is -0.453 e. The molecule has 11 heteroatoms. The normalized spacial score (nSPS) is 11.3. The van der Waals surface area contributed by atoms with Crippen molar-refractivity contribution in [3.8, 4) is 17.3 Å². The minimum atomic E-state index is -2.94. The molecule has 2 aromatic carbocycles. The molecular weight excluding hydrogens is 415 g/mol. The lowest BCUT2D eigenvalue weighted by atomic mass is 10.1. The molecular formula is C17H11Cl2F2N5O2. The van der Waals surface area contributed by atoms with E-state index >= 15 is 0 Å². The van der Waals surface area contributed by atoms with Crippen LogP contribution in [0.5, 0.6) is 5.75 Å². The Hall–Kier alpha value is -2.91. The monoisotopic (exact) mass is 425 g/mol. The lowest BCUT2D eigenvalue weighted by Gasteiger charge is -2.11. The van der Waals surface area contributed by atoms with Crippen molar-refractivity contribution in [2.24, 2.45) is 0 Å². The van der Waals surface area contributed by atoms with Crippen molar-refractivity contribution in [2.45, 2.75) is 13.2 Å². The van der Waals surface area contributed by atoms with Crippen LogP contribution in [0.4, 0.5) is 14.5 Å². The van der Waals surface area contributed by atoms with Gasteiger partial charge in [-0.25, -0.2) is 0 Å². The second-order valence-electron chi connectivity index (χ2n) is 5.70. The summed E-state index contributed by atoms with van der Waals surface area (Å²) < 4.78 is 34.7. The molecule has 2 heterocycles. The Labute approximate surface area is 166 Å². The molecule has 2 aromatic heterocycles. The smallest absolute Gasteiger partial charge is 0.387 e. The molecule has 0 saturated heterocycles. The number of alkyl halides is 2. The number of anilines is 1. The number of aromatic nitrogens is 4. The zero-order chi connectivity index (χ0) is 19.7. The van der Waals surface area contributed by atoms with Crippen LogP contribution in [0, 0.1) is 0 Å². The molecule has 7 nitrogen and oxygen atoms in total. The standard InChI is InChI=1S/C17H11Cl2F2N5O2/c18-11-3-8-4-15(16-23-25-26-24-16)27-14(8)5-9(11)7-22-10-1-2-13(12(19)6-10)28-17(20)21/h1-6,17,22H,7H2,(H,23,24,25,26). The van der Waals surface area contributed by atoms with E-state index in [1.807, 2.05) is 0 Å². The van der Waals surface area contributed by atoms with E-state index < -0.39 is 6.61 Å². The van der Waals surface area contributed by atoms with E-state index in [1.165, 1.54) is 12.1 Å². The molecule has 0 unspecified atom stereocenters. The fourth-order valence-electron chi connectivity index (χ4n) is 2.61. The maximum Gasteiger partial charge on any atom is 0.387 e. The van der Waals surface area contributed by atoms with Crippen LogP contribution in [-0.2, 0) is 6.54 Å². The molecule has 0 amide bonds. The first-order valence-electron chi connectivity index (χ1n) is 7.93. The van der Waals surface area contributed by atoms with E-state index in [9.17, 15) is 8.78 Å². The number of aromatic amines is 1. The van der Waals surface area contributed by atoms with Gasteiger partial charge in [-0.05, 0) is 47.2 Å². The minimum absolute atomic E-state index is 0.0719. The number of furan rings is 1. The Morgan fingerprint density at radius 3 is 2.71 bits per heavy atom. The molecule has 0 spiro atoms. The molecule has 0 radical (unpaired) electrons. The van der Waals surface area contributed by atoms with Crippen molar-refractivity contribution in [1.82, 2.24) is 20.6 Å². The van der Waals surface area contributed by atoms with Crippen LogP contribution >= 0.6 is 23.2 Å². The van der Waals surface area contributed by atoms with E-state index in [1.54, 1.807) is 24.3 Å². The molecule has 144 valence electrons. The average molecular weight is 426 g/mol. The molecule has 28 heavy (non-hydrogen) atoms. The van der Waals surface area contributed by atoms with Gasteiger partial charge in [0.2, 0.25) is 5.82 Å². The van der Waals surface area contributed by atoms with E-state index in [2.05, 4.69) is 30.7 Å². The maximum atomic E-state index is 12.3. The molecule has 0 aliphatic rings. The summed E-state index contributed by atoms with van der Waals surface area (Å²) in [6, 6.07) is 9.78. The zero-order valence-electron chi connectivity index (χ0n) is 13.9. The molecule has 0 aliphatic carbocycles. The molecule has 0 saturated carbocycles. The predicted octanol–water partition coefficient (Wildman–Crippen LogP) is 5.13. The number of rotatable bonds is 6. The molecule has 0 bridgehead atoms. The van der Waals surface area contributed by atoms with Crippen molar-refractivity contribution in [2.75, 3.05) is 5.32 Å². The Bertz CT molecular complexity index is 1120. The van der Waals surface area contributed by atoms with Crippen molar-refractivity contribution in [1.29, 1.82) is 0 Å². The fraction of sp³-hybridized carbons (Fsp3) is 0.118. The number of hydrogen-bond acceptors (Lipinski definition) is 6. The lowest BCUT2D eigenvalue weighted by molar-refractivity contribution is -0.0497. The molecule has 0 aliphatic heterocycles. The highest BCUT2D eigenvalue weighted by Gasteiger charge is 2.13. The Balaban J connectivity index is 1.53. The van der Waals surface area contributed by atoms with Gasteiger partial charge < -0.3 is 14.5 Å². The third-order valence-electron chi connectivity index (χ3n) is 3.88. The number of nitrogens with zero attached hydrogens (tertiary/aromatic N) is 3. The van der Waals surface area contributed by atoms with Gasteiger partial charge in [0, 0.05) is 22.6 Å². The summed E-state index contributed by atoms with van der Waals surface area (Å²) in [5, 5.41) is 18.2. The maximum absolute atomic E-state index is 12.3. The number of hydrogen-bond donors (Lipinski definition) is 2. The van der Waals surface area contributed by atoms with Crippen molar-refractivity contribution >= 4 is 39.9 Å². The van der Waals surface area contributed by atoms with Crippen molar-refractivity contribution < 1.29 is 17.9 Å². The van der Waals surface area contributed by atoms with Crippen LogP contribution in [0.25, 0.3) is 22.6 Å². The number of tetrazole rings is 1. The van der Waals surface area contributed by atoms with E-state index in [0.717, 1.165) is 10.9 Å². The number of benzene rings is 2. The van der Waals surface area contributed by atoms with Gasteiger partial charge in [0.15, 0.2) is 5.76 Å². The third kappa shape index (κ3) is 3.85. The van der Waals surface area contributed by atoms with Gasteiger partial charge in [0.05, 0.1) is 5.02 Å². The largest absolute Gasteiger partial charge is 0.453 e. The van der Waals surface area contributed by atoms with Crippen LogP contribution in [0.2, 0.25) is 10.0 Å². The van der Waals surface area contributed by atoms with Crippen LogP contribution in [-0.4, -0.2) is 27.2 Å². The van der Waals surface area contributed by atoms with Gasteiger partial charge in [-0.15, -0.1) is 10.2 Å². The first kappa shape index (κ1) is 18.5. The first-order chi connectivity index (χ1) is 13.5. The van der Waals surface area contributed by atoms with E-state index in [-0.39, 0.29) is 10.8 Å². The van der Waals surface area contributed by atoms with Crippen molar-refractivity contribution in [3.05, 3.63) is 52.0 Å². The second-order valence-corrected chi connectivity index (χ2v) is 6.52. The number of fused-ring (bicyclic) bond motifs is 1.